The largest absolute Gasteiger partial charge is 0.497 e. The summed E-state index contributed by atoms with van der Waals surface area (Å²) in [6.45, 7) is 1.82. The van der Waals surface area contributed by atoms with Crippen LogP contribution in [0.15, 0.2) is 47.5 Å². The number of benzene rings is 2. The maximum absolute atomic E-state index is 5.96. The van der Waals surface area contributed by atoms with E-state index >= 15 is 0 Å². The highest BCUT2D eigenvalue weighted by Gasteiger charge is 2.10. The van der Waals surface area contributed by atoms with Crippen LogP contribution in [0.4, 0.5) is 5.69 Å². The van der Waals surface area contributed by atoms with Crippen LogP contribution in [0.2, 0.25) is 0 Å². The lowest BCUT2D eigenvalue weighted by Gasteiger charge is -2.10. The topological polar surface area (TPSA) is 78.1 Å². The van der Waals surface area contributed by atoms with Crippen LogP contribution in [-0.4, -0.2) is 26.3 Å². The van der Waals surface area contributed by atoms with E-state index < -0.39 is 0 Å². The second kappa shape index (κ2) is 9.36. The van der Waals surface area contributed by atoms with Gasteiger partial charge in [0.05, 0.1) is 26.9 Å². The molecule has 7 heteroatoms. The number of fused-ring (bicyclic) bond motifs is 1. The van der Waals surface area contributed by atoms with Gasteiger partial charge in [-0.15, -0.1) is 24.0 Å². The molecule has 0 saturated heterocycles. The lowest BCUT2D eigenvalue weighted by atomic mass is 10.2. The molecule has 3 N–H and O–H groups in total. The molecule has 3 rings (SSSR count). The van der Waals surface area contributed by atoms with E-state index in [1.54, 1.807) is 7.11 Å². The quantitative estimate of drug-likeness (QED) is 0.420. The average molecular weight is 455 g/mol. The molecule has 134 valence electrons. The minimum atomic E-state index is 0. The number of guanidine groups is 1. The van der Waals surface area contributed by atoms with Crippen LogP contribution in [0, 0.1) is 0 Å². The van der Waals surface area contributed by atoms with Gasteiger partial charge in [-0.25, -0.2) is 4.99 Å². The summed E-state index contributed by atoms with van der Waals surface area (Å²) in [4.78, 5) is 4.35. The summed E-state index contributed by atoms with van der Waals surface area (Å²) < 4.78 is 16.4. The van der Waals surface area contributed by atoms with Crippen molar-refractivity contribution in [3.8, 4) is 17.2 Å². The number of nitrogens with two attached hydrogens (primary N) is 1. The molecule has 0 spiro atoms. The van der Waals surface area contributed by atoms with Gasteiger partial charge in [0.25, 0.3) is 0 Å². The van der Waals surface area contributed by atoms with Crippen LogP contribution >= 0.6 is 24.0 Å². The van der Waals surface area contributed by atoms with Crippen LogP contribution < -0.4 is 25.3 Å². The van der Waals surface area contributed by atoms with Crippen LogP contribution in [0.3, 0.4) is 0 Å². The number of hydrogen-bond acceptors (Lipinski definition) is 4. The van der Waals surface area contributed by atoms with E-state index in [-0.39, 0.29) is 24.0 Å². The molecular weight excluding hydrogens is 433 g/mol. The van der Waals surface area contributed by atoms with E-state index in [9.17, 15) is 0 Å². The lowest BCUT2D eigenvalue weighted by Crippen LogP contribution is -2.22. The molecule has 0 saturated carbocycles. The van der Waals surface area contributed by atoms with Crippen molar-refractivity contribution in [1.82, 2.24) is 0 Å². The van der Waals surface area contributed by atoms with Crippen molar-refractivity contribution >= 4 is 35.6 Å². The normalized spacial score (nSPS) is 13.4. The van der Waals surface area contributed by atoms with E-state index in [0.29, 0.717) is 25.7 Å². The number of methoxy groups -OCH3 is 1. The van der Waals surface area contributed by atoms with Gasteiger partial charge in [0.2, 0.25) is 0 Å². The lowest BCUT2D eigenvalue weighted by molar-refractivity contribution is 0.297. The smallest absolute Gasteiger partial charge is 0.193 e. The minimum Gasteiger partial charge on any atom is -0.497 e. The molecule has 0 bridgehead atoms. The zero-order chi connectivity index (χ0) is 16.8. The Bertz CT molecular complexity index is 720. The zero-order valence-corrected chi connectivity index (χ0v) is 16.4. The first-order valence-corrected chi connectivity index (χ1v) is 7.84. The number of rotatable bonds is 4. The molecule has 0 atom stereocenters. The van der Waals surface area contributed by atoms with Gasteiger partial charge in [-0.05, 0) is 29.8 Å². The Labute approximate surface area is 164 Å². The fourth-order valence-corrected chi connectivity index (χ4v) is 2.34. The molecule has 2 aromatic rings. The van der Waals surface area contributed by atoms with Gasteiger partial charge in [-0.1, -0.05) is 12.1 Å². The first-order valence-electron chi connectivity index (χ1n) is 7.84. The van der Waals surface area contributed by atoms with E-state index in [1.807, 2.05) is 42.5 Å². The third kappa shape index (κ3) is 5.42. The highest BCUT2D eigenvalue weighted by Crippen LogP contribution is 2.32. The van der Waals surface area contributed by atoms with Crippen molar-refractivity contribution in [2.24, 2.45) is 10.7 Å². The fraction of sp³-hybridized carbons (Fsp3) is 0.278. The predicted molar refractivity (Wildman–Crippen MR) is 109 cm³/mol. The second-order valence-corrected chi connectivity index (χ2v) is 5.39. The van der Waals surface area contributed by atoms with Crippen molar-refractivity contribution in [2.75, 3.05) is 25.6 Å². The molecule has 2 aromatic carbocycles. The number of ether oxygens (including phenoxy) is 3. The molecular formula is C18H22IN3O3. The van der Waals surface area contributed by atoms with E-state index in [1.165, 1.54) is 0 Å². The van der Waals surface area contributed by atoms with E-state index in [2.05, 4.69) is 10.3 Å². The first kappa shape index (κ1) is 19.2. The van der Waals surface area contributed by atoms with Gasteiger partial charge >= 0.3 is 0 Å². The SMILES string of the molecule is COc1ccc(CN=C(N)Nc2ccc3c(c2)OCCCO3)cc1.I. The summed E-state index contributed by atoms with van der Waals surface area (Å²) >= 11 is 0. The predicted octanol–water partition coefficient (Wildman–Crippen LogP) is 3.40. The fourth-order valence-electron chi connectivity index (χ4n) is 2.34. The van der Waals surface area contributed by atoms with Crippen LogP contribution in [0.25, 0.3) is 0 Å². The third-order valence-corrected chi connectivity index (χ3v) is 3.61. The zero-order valence-electron chi connectivity index (χ0n) is 14.0. The van der Waals surface area contributed by atoms with E-state index in [0.717, 1.165) is 34.9 Å². The Hall–Kier alpha value is -2.16. The maximum atomic E-state index is 5.96. The van der Waals surface area contributed by atoms with Gasteiger partial charge in [0.15, 0.2) is 17.5 Å². The Kier molecular flexibility index (Phi) is 7.17. The number of halogens is 1. The number of nitrogens with one attached hydrogen (secondary N) is 1. The highest BCUT2D eigenvalue weighted by molar-refractivity contribution is 14.0. The number of hydrogen-bond donors (Lipinski definition) is 2. The molecule has 0 unspecified atom stereocenters. The number of aliphatic imine (C=N–C) groups is 1. The molecule has 25 heavy (non-hydrogen) atoms. The first-order chi connectivity index (χ1) is 11.7. The van der Waals surface area contributed by atoms with Crippen molar-refractivity contribution in [2.45, 2.75) is 13.0 Å². The van der Waals surface area contributed by atoms with E-state index in [4.69, 9.17) is 19.9 Å². The highest BCUT2D eigenvalue weighted by atomic mass is 127. The molecule has 6 nitrogen and oxygen atoms in total. The summed E-state index contributed by atoms with van der Waals surface area (Å²) in [6.07, 6.45) is 0.878. The molecule has 0 fully saturated rings. The third-order valence-electron chi connectivity index (χ3n) is 3.61. The van der Waals surface area contributed by atoms with Crippen molar-refractivity contribution in [3.63, 3.8) is 0 Å². The second-order valence-electron chi connectivity index (χ2n) is 5.39. The Morgan fingerprint density at radius 3 is 2.56 bits per heavy atom. The van der Waals surface area contributed by atoms with Gasteiger partial charge in [-0.2, -0.15) is 0 Å². The van der Waals surface area contributed by atoms with Gasteiger partial charge in [0, 0.05) is 18.2 Å². The molecule has 0 radical (unpaired) electrons. The number of anilines is 1. The van der Waals surface area contributed by atoms with Crippen molar-refractivity contribution < 1.29 is 14.2 Å². The Morgan fingerprint density at radius 1 is 1.12 bits per heavy atom. The summed E-state index contributed by atoms with van der Waals surface area (Å²) in [5.41, 5.74) is 7.83. The Morgan fingerprint density at radius 2 is 1.84 bits per heavy atom. The number of nitrogens with zero attached hydrogens (tertiary/aromatic N) is 1. The Balaban J connectivity index is 0.00000225. The molecule has 1 heterocycles. The van der Waals surface area contributed by atoms with Crippen LogP contribution in [0.5, 0.6) is 17.2 Å². The molecule has 0 amide bonds. The summed E-state index contributed by atoms with van der Waals surface area (Å²) in [6, 6.07) is 13.4. The summed E-state index contributed by atoms with van der Waals surface area (Å²) in [7, 11) is 1.64. The van der Waals surface area contributed by atoms with Gasteiger partial charge < -0.3 is 25.3 Å². The molecule has 1 aliphatic rings. The van der Waals surface area contributed by atoms with Crippen LogP contribution in [0.1, 0.15) is 12.0 Å². The minimum absolute atomic E-state index is 0. The molecule has 0 aromatic heterocycles. The van der Waals surface area contributed by atoms with Crippen molar-refractivity contribution in [3.05, 3.63) is 48.0 Å². The van der Waals surface area contributed by atoms with Crippen LogP contribution in [-0.2, 0) is 6.54 Å². The molecule has 1 aliphatic heterocycles. The maximum Gasteiger partial charge on any atom is 0.193 e. The average Bonchev–Trinajstić information content (AvgIpc) is 2.85. The standard InChI is InChI=1S/C18H21N3O3.HI/c1-22-15-6-3-13(4-7-15)12-20-18(19)21-14-5-8-16-17(11-14)24-10-2-9-23-16;/h3-8,11H,2,9-10,12H2,1H3,(H3,19,20,21);1H. The molecule has 0 aliphatic carbocycles. The summed E-state index contributed by atoms with van der Waals surface area (Å²) in [5.74, 6) is 2.65. The van der Waals surface area contributed by atoms with Gasteiger partial charge in [0.1, 0.15) is 5.75 Å². The van der Waals surface area contributed by atoms with Crippen molar-refractivity contribution in [1.29, 1.82) is 0 Å². The monoisotopic (exact) mass is 455 g/mol. The van der Waals surface area contributed by atoms with Gasteiger partial charge in [-0.3, -0.25) is 0 Å². The summed E-state index contributed by atoms with van der Waals surface area (Å²) in [5, 5.41) is 3.07.